The number of hydrogen-bond acceptors (Lipinski definition) is 3. The summed E-state index contributed by atoms with van der Waals surface area (Å²) >= 11 is 0. The van der Waals surface area contributed by atoms with E-state index < -0.39 is 0 Å². The van der Waals surface area contributed by atoms with Crippen LogP contribution in [0.5, 0.6) is 0 Å². The molecule has 5 heteroatoms. The van der Waals surface area contributed by atoms with Gasteiger partial charge in [0.2, 0.25) is 5.91 Å². The summed E-state index contributed by atoms with van der Waals surface area (Å²) in [6, 6.07) is 5.04. The number of aryl methyl sites for hydroxylation is 1. The molecular formula is C15H18N2O3. The van der Waals surface area contributed by atoms with Gasteiger partial charge in [0, 0.05) is 30.1 Å². The van der Waals surface area contributed by atoms with Crippen molar-refractivity contribution in [3.8, 4) is 0 Å². The molecule has 20 heavy (non-hydrogen) atoms. The zero-order valence-electron chi connectivity index (χ0n) is 11.7. The molecule has 0 aromatic heterocycles. The first-order valence-electron chi connectivity index (χ1n) is 6.66. The Morgan fingerprint density at radius 2 is 2.10 bits per heavy atom. The van der Waals surface area contributed by atoms with Crippen LogP contribution in [0.3, 0.4) is 0 Å². The van der Waals surface area contributed by atoms with Gasteiger partial charge in [-0.05, 0) is 38.0 Å². The van der Waals surface area contributed by atoms with Crippen molar-refractivity contribution in [1.82, 2.24) is 10.6 Å². The number of ketones is 1. The Labute approximate surface area is 117 Å². The Morgan fingerprint density at radius 3 is 2.70 bits per heavy atom. The van der Waals surface area contributed by atoms with Crippen molar-refractivity contribution in [2.75, 3.05) is 6.54 Å². The molecule has 0 radical (unpaired) electrons. The van der Waals surface area contributed by atoms with Crippen LogP contribution in [-0.4, -0.2) is 30.2 Å². The van der Waals surface area contributed by atoms with E-state index >= 15 is 0 Å². The van der Waals surface area contributed by atoms with Crippen LogP contribution in [0.15, 0.2) is 18.2 Å². The minimum atomic E-state index is -0.214. The average Bonchev–Trinajstić information content (AvgIpc) is 2.41. The third-order valence-electron chi connectivity index (χ3n) is 3.48. The molecule has 2 amide bonds. The summed E-state index contributed by atoms with van der Waals surface area (Å²) in [6.45, 7) is 3.78. The topological polar surface area (TPSA) is 75.3 Å². The summed E-state index contributed by atoms with van der Waals surface area (Å²) in [5, 5.41) is 5.60. The fourth-order valence-corrected chi connectivity index (χ4v) is 2.27. The van der Waals surface area contributed by atoms with Crippen LogP contribution in [-0.2, 0) is 4.79 Å². The standard InChI is InChI=1S/C15H18N2O3/c1-9-3-4-11(7-13(9)10(2)18)15(20)17-12-5-6-14(19)16-8-12/h3-4,7,12H,5-6,8H2,1-2H3,(H,16,19)(H,17,20)/t12-/m1/s1. The smallest absolute Gasteiger partial charge is 0.251 e. The van der Waals surface area contributed by atoms with Crippen LogP contribution in [0.2, 0.25) is 0 Å². The predicted octanol–water partition coefficient (Wildman–Crippen LogP) is 1.21. The van der Waals surface area contributed by atoms with Gasteiger partial charge in [-0.2, -0.15) is 0 Å². The second-order valence-electron chi connectivity index (χ2n) is 5.10. The van der Waals surface area contributed by atoms with E-state index in [0.717, 1.165) is 5.56 Å². The van der Waals surface area contributed by atoms with Crippen LogP contribution in [0.25, 0.3) is 0 Å². The maximum atomic E-state index is 12.1. The molecule has 1 aliphatic heterocycles. The highest BCUT2D eigenvalue weighted by Crippen LogP contribution is 2.13. The molecule has 0 unspecified atom stereocenters. The van der Waals surface area contributed by atoms with Gasteiger partial charge in [-0.3, -0.25) is 14.4 Å². The fourth-order valence-electron chi connectivity index (χ4n) is 2.27. The van der Waals surface area contributed by atoms with Gasteiger partial charge in [0.05, 0.1) is 0 Å². The van der Waals surface area contributed by atoms with E-state index in [-0.39, 0.29) is 23.6 Å². The molecule has 1 aromatic carbocycles. The first-order chi connectivity index (χ1) is 9.47. The molecule has 0 aliphatic carbocycles. The van der Waals surface area contributed by atoms with Crippen molar-refractivity contribution < 1.29 is 14.4 Å². The normalized spacial score (nSPS) is 18.3. The van der Waals surface area contributed by atoms with Crippen molar-refractivity contribution in [3.63, 3.8) is 0 Å². The molecule has 106 valence electrons. The van der Waals surface area contributed by atoms with Gasteiger partial charge in [0.25, 0.3) is 5.91 Å². The Hall–Kier alpha value is -2.17. The molecule has 1 fully saturated rings. The van der Waals surface area contributed by atoms with E-state index in [1.807, 2.05) is 6.92 Å². The third kappa shape index (κ3) is 3.23. The average molecular weight is 274 g/mol. The number of piperidine rings is 1. The van der Waals surface area contributed by atoms with E-state index in [9.17, 15) is 14.4 Å². The molecule has 2 rings (SSSR count). The molecule has 5 nitrogen and oxygen atoms in total. The molecule has 0 saturated carbocycles. The van der Waals surface area contributed by atoms with Gasteiger partial charge in [0.15, 0.2) is 5.78 Å². The molecular weight excluding hydrogens is 256 g/mol. The lowest BCUT2D eigenvalue weighted by atomic mass is 10.0. The number of nitrogens with one attached hydrogen (secondary N) is 2. The number of Topliss-reactive ketones (excluding diaryl/α,β-unsaturated/α-hetero) is 1. The van der Waals surface area contributed by atoms with Crippen LogP contribution in [0.1, 0.15) is 46.0 Å². The number of hydrogen-bond donors (Lipinski definition) is 2. The van der Waals surface area contributed by atoms with Crippen molar-refractivity contribution in [1.29, 1.82) is 0 Å². The Bertz CT molecular complexity index is 556. The molecule has 1 aromatic rings. The largest absolute Gasteiger partial charge is 0.354 e. The predicted molar refractivity (Wildman–Crippen MR) is 74.7 cm³/mol. The highest BCUT2D eigenvalue weighted by molar-refractivity contribution is 6.00. The first-order valence-corrected chi connectivity index (χ1v) is 6.66. The fraction of sp³-hybridized carbons (Fsp3) is 0.400. The number of amides is 2. The van der Waals surface area contributed by atoms with Crippen molar-refractivity contribution >= 4 is 17.6 Å². The zero-order chi connectivity index (χ0) is 14.7. The summed E-state index contributed by atoms with van der Waals surface area (Å²) in [6.07, 6.45) is 1.07. The number of carbonyl (C=O) groups is 3. The minimum absolute atomic E-state index is 0.0182. The summed E-state index contributed by atoms with van der Waals surface area (Å²) in [4.78, 5) is 34.7. The monoisotopic (exact) mass is 274 g/mol. The maximum absolute atomic E-state index is 12.1. The van der Waals surface area contributed by atoms with Crippen molar-refractivity contribution in [2.45, 2.75) is 32.7 Å². The molecule has 0 bridgehead atoms. The minimum Gasteiger partial charge on any atom is -0.354 e. The lowest BCUT2D eigenvalue weighted by Gasteiger charge is -2.23. The summed E-state index contributed by atoms with van der Waals surface area (Å²) in [7, 11) is 0. The van der Waals surface area contributed by atoms with Gasteiger partial charge < -0.3 is 10.6 Å². The van der Waals surface area contributed by atoms with Crippen LogP contribution >= 0.6 is 0 Å². The molecule has 0 spiro atoms. The summed E-state index contributed by atoms with van der Waals surface area (Å²) in [5.74, 6) is -0.250. The van der Waals surface area contributed by atoms with Crippen LogP contribution in [0.4, 0.5) is 0 Å². The quantitative estimate of drug-likeness (QED) is 0.813. The Kier molecular flexibility index (Phi) is 4.17. The summed E-state index contributed by atoms with van der Waals surface area (Å²) in [5.41, 5.74) is 1.89. The number of benzene rings is 1. The third-order valence-corrected chi connectivity index (χ3v) is 3.48. The zero-order valence-corrected chi connectivity index (χ0v) is 11.7. The van der Waals surface area contributed by atoms with Crippen LogP contribution in [0, 0.1) is 6.92 Å². The van der Waals surface area contributed by atoms with Crippen molar-refractivity contribution in [2.24, 2.45) is 0 Å². The summed E-state index contributed by atoms with van der Waals surface area (Å²) < 4.78 is 0. The lowest BCUT2D eigenvalue weighted by molar-refractivity contribution is -0.122. The molecule has 1 aliphatic rings. The SMILES string of the molecule is CC(=O)c1cc(C(=O)N[C@@H]2CCC(=O)NC2)ccc1C. The van der Waals surface area contributed by atoms with Gasteiger partial charge in [-0.25, -0.2) is 0 Å². The number of rotatable bonds is 3. The van der Waals surface area contributed by atoms with Crippen molar-refractivity contribution in [3.05, 3.63) is 34.9 Å². The molecule has 2 N–H and O–H groups in total. The van der Waals surface area contributed by atoms with E-state index in [2.05, 4.69) is 10.6 Å². The maximum Gasteiger partial charge on any atom is 0.251 e. The van der Waals surface area contributed by atoms with Gasteiger partial charge in [0.1, 0.15) is 0 Å². The second kappa shape index (κ2) is 5.86. The second-order valence-corrected chi connectivity index (χ2v) is 5.10. The van der Waals surface area contributed by atoms with E-state index in [0.29, 0.717) is 30.5 Å². The molecule has 1 atom stereocenters. The van der Waals surface area contributed by atoms with Gasteiger partial charge >= 0.3 is 0 Å². The molecule has 1 saturated heterocycles. The number of carbonyl (C=O) groups excluding carboxylic acids is 3. The van der Waals surface area contributed by atoms with E-state index in [4.69, 9.17) is 0 Å². The molecule has 1 heterocycles. The Balaban J connectivity index is 2.07. The highest BCUT2D eigenvalue weighted by atomic mass is 16.2. The lowest BCUT2D eigenvalue weighted by Crippen LogP contribution is -2.47. The highest BCUT2D eigenvalue weighted by Gasteiger charge is 2.20. The van der Waals surface area contributed by atoms with Crippen LogP contribution < -0.4 is 10.6 Å². The van der Waals surface area contributed by atoms with E-state index in [1.54, 1.807) is 18.2 Å². The van der Waals surface area contributed by atoms with Gasteiger partial charge in [-0.1, -0.05) is 6.07 Å². The van der Waals surface area contributed by atoms with Gasteiger partial charge in [-0.15, -0.1) is 0 Å². The first kappa shape index (κ1) is 14.2. The Morgan fingerprint density at radius 1 is 1.35 bits per heavy atom. The van der Waals surface area contributed by atoms with E-state index in [1.165, 1.54) is 6.92 Å².